The third-order valence-electron chi connectivity index (χ3n) is 2.04. The number of benzene rings is 1. The average Bonchev–Trinajstić information content (AvgIpc) is 2.65. The van der Waals surface area contributed by atoms with Gasteiger partial charge in [-0.25, -0.2) is 9.37 Å². The van der Waals surface area contributed by atoms with E-state index in [0.29, 0.717) is 15.6 Å². The molecule has 84 valence electrons. The number of nitrogen functional groups attached to an aromatic ring is 1. The number of nitrogens with two attached hydrogens (primary N) is 1. The first-order chi connectivity index (χ1) is 7.63. The third kappa shape index (κ3) is 1.83. The van der Waals surface area contributed by atoms with Gasteiger partial charge in [0, 0.05) is 11.8 Å². The van der Waals surface area contributed by atoms with E-state index >= 15 is 0 Å². The Labute approximate surface area is 101 Å². The van der Waals surface area contributed by atoms with Crippen LogP contribution in [0, 0.1) is 5.82 Å². The van der Waals surface area contributed by atoms with Crippen molar-refractivity contribution >= 4 is 28.1 Å². The van der Waals surface area contributed by atoms with Crippen molar-refractivity contribution in [1.82, 2.24) is 4.98 Å². The second kappa shape index (κ2) is 4.27. The summed E-state index contributed by atoms with van der Waals surface area (Å²) in [7, 11) is 1.37. The number of nitrogens with zero attached hydrogens (tertiary/aromatic N) is 1. The van der Waals surface area contributed by atoms with E-state index in [0.717, 1.165) is 0 Å². The highest BCUT2D eigenvalue weighted by Crippen LogP contribution is 2.37. The number of hydrogen-bond donors (Lipinski definition) is 1. The van der Waals surface area contributed by atoms with Crippen molar-refractivity contribution in [1.29, 1.82) is 0 Å². The van der Waals surface area contributed by atoms with E-state index in [1.807, 2.05) is 0 Å². The molecule has 6 heteroatoms. The quantitative estimate of drug-likeness (QED) is 0.900. The van der Waals surface area contributed by atoms with E-state index < -0.39 is 5.82 Å². The second-order valence-electron chi connectivity index (χ2n) is 3.00. The summed E-state index contributed by atoms with van der Waals surface area (Å²) in [5, 5.41) is 0.629. The van der Waals surface area contributed by atoms with Gasteiger partial charge in [0.15, 0.2) is 16.7 Å². The minimum Gasteiger partial charge on any atom is -0.492 e. The maximum Gasteiger partial charge on any atom is 0.180 e. The van der Waals surface area contributed by atoms with Crippen LogP contribution in [0.3, 0.4) is 0 Å². The summed E-state index contributed by atoms with van der Waals surface area (Å²) in [5.41, 5.74) is 5.88. The lowest BCUT2D eigenvalue weighted by molar-refractivity contribution is 0.387. The molecule has 0 aliphatic rings. The summed E-state index contributed by atoms with van der Waals surface area (Å²) in [6, 6.07) is 3.15. The molecule has 1 heterocycles. The van der Waals surface area contributed by atoms with Crippen LogP contribution in [0.5, 0.6) is 5.75 Å². The molecule has 0 amide bonds. The van der Waals surface area contributed by atoms with Gasteiger partial charge in [-0.15, -0.1) is 0 Å². The number of rotatable bonds is 2. The SMILES string of the molecule is COc1c(Cl)ccc(-c2cnc(N)s2)c1F. The van der Waals surface area contributed by atoms with Crippen molar-refractivity contribution in [3.63, 3.8) is 0 Å². The highest BCUT2D eigenvalue weighted by atomic mass is 35.5. The molecule has 1 aromatic carbocycles. The molecule has 2 rings (SSSR count). The minimum absolute atomic E-state index is 0.0335. The van der Waals surface area contributed by atoms with Gasteiger partial charge in [-0.05, 0) is 12.1 Å². The predicted molar refractivity (Wildman–Crippen MR) is 63.5 cm³/mol. The molecule has 2 aromatic rings. The summed E-state index contributed by atoms with van der Waals surface area (Å²) in [5.74, 6) is -0.468. The van der Waals surface area contributed by atoms with Crippen molar-refractivity contribution in [3.05, 3.63) is 29.2 Å². The van der Waals surface area contributed by atoms with Crippen molar-refractivity contribution in [3.8, 4) is 16.2 Å². The molecule has 2 N–H and O–H groups in total. The van der Waals surface area contributed by atoms with Crippen LogP contribution in [-0.2, 0) is 0 Å². The van der Waals surface area contributed by atoms with Crippen LogP contribution in [0.15, 0.2) is 18.3 Å². The van der Waals surface area contributed by atoms with Crippen LogP contribution >= 0.6 is 22.9 Å². The first-order valence-electron chi connectivity index (χ1n) is 4.37. The Balaban J connectivity index is 2.58. The zero-order valence-corrected chi connectivity index (χ0v) is 9.90. The number of hydrogen-bond acceptors (Lipinski definition) is 4. The monoisotopic (exact) mass is 258 g/mol. The summed E-state index contributed by atoms with van der Waals surface area (Å²) in [4.78, 5) is 4.51. The second-order valence-corrected chi connectivity index (χ2v) is 4.47. The fourth-order valence-corrected chi connectivity index (χ4v) is 2.25. The largest absolute Gasteiger partial charge is 0.492 e. The molecule has 16 heavy (non-hydrogen) atoms. The van der Waals surface area contributed by atoms with Gasteiger partial charge in [0.2, 0.25) is 0 Å². The molecular weight excluding hydrogens is 251 g/mol. The fraction of sp³-hybridized carbons (Fsp3) is 0.100. The molecule has 0 bridgehead atoms. The van der Waals surface area contributed by atoms with Gasteiger partial charge < -0.3 is 10.5 Å². The van der Waals surface area contributed by atoms with Crippen molar-refractivity contribution in [2.75, 3.05) is 12.8 Å². The molecule has 3 nitrogen and oxygen atoms in total. The molecular formula is C10H8ClFN2OS. The Bertz CT molecular complexity index is 530. The van der Waals surface area contributed by atoms with E-state index in [2.05, 4.69) is 4.98 Å². The summed E-state index contributed by atoms with van der Waals surface area (Å²) >= 11 is 7.00. The Morgan fingerprint density at radius 1 is 1.50 bits per heavy atom. The van der Waals surface area contributed by atoms with E-state index in [4.69, 9.17) is 22.1 Å². The predicted octanol–water partition coefficient (Wildman–Crippen LogP) is 3.19. The molecule has 0 atom stereocenters. The molecule has 0 saturated heterocycles. The zero-order valence-electron chi connectivity index (χ0n) is 8.33. The summed E-state index contributed by atoms with van der Waals surface area (Å²) in [6.07, 6.45) is 1.52. The minimum atomic E-state index is -0.501. The van der Waals surface area contributed by atoms with Crippen LogP contribution in [0.25, 0.3) is 10.4 Å². The normalized spacial score (nSPS) is 10.4. The Morgan fingerprint density at radius 2 is 2.25 bits per heavy atom. The van der Waals surface area contributed by atoms with E-state index in [1.165, 1.54) is 24.6 Å². The summed E-state index contributed by atoms with van der Waals surface area (Å²) in [6.45, 7) is 0. The smallest absolute Gasteiger partial charge is 0.180 e. The molecule has 0 aliphatic carbocycles. The van der Waals surface area contributed by atoms with Gasteiger partial charge in [0.1, 0.15) is 0 Å². The van der Waals surface area contributed by atoms with Crippen LogP contribution in [0.4, 0.5) is 9.52 Å². The van der Waals surface area contributed by atoms with Gasteiger partial charge in [0.25, 0.3) is 0 Å². The third-order valence-corrected chi connectivity index (χ3v) is 3.20. The van der Waals surface area contributed by atoms with E-state index in [1.54, 1.807) is 12.1 Å². The molecule has 0 fully saturated rings. The number of methoxy groups -OCH3 is 1. The maximum absolute atomic E-state index is 14.0. The van der Waals surface area contributed by atoms with Gasteiger partial charge in [0.05, 0.1) is 17.0 Å². The molecule has 0 saturated carbocycles. The van der Waals surface area contributed by atoms with Gasteiger partial charge in [-0.3, -0.25) is 0 Å². The number of halogens is 2. The lowest BCUT2D eigenvalue weighted by Crippen LogP contribution is -1.91. The van der Waals surface area contributed by atoms with Gasteiger partial charge in [-0.1, -0.05) is 22.9 Å². The Kier molecular flexibility index (Phi) is 2.98. The van der Waals surface area contributed by atoms with Crippen LogP contribution in [0.1, 0.15) is 0 Å². The highest BCUT2D eigenvalue weighted by molar-refractivity contribution is 7.18. The highest BCUT2D eigenvalue weighted by Gasteiger charge is 2.15. The van der Waals surface area contributed by atoms with E-state index in [9.17, 15) is 4.39 Å². The van der Waals surface area contributed by atoms with Crippen molar-refractivity contribution in [2.24, 2.45) is 0 Å². The topological polar surface area (TPSA) is 48.1 Å². The lowest BCUT2D eigenvalue weighted by Gasteiger charge is -2.07. The molecule has 0 spiro atoms. The summed E-state index contributed by atoms with van der Waals surface area (Å²) < 4.78 is 18.8. The Hall–Kier alpha value is -1.33. The first-order valence-corrected chi connectivity index (χ1v) is 5.56. The molecule has 0 aliphatic heterocycles. The molecule has 0 unspecified atom stereocenters. The van der Waals surface area contributed by atoms with Crippen molar-refractivity contribution in [2.45, 2.75) is 0 Å². The van der Waals surface area contributed by atoms with Crippen LogP contribution in [0.2, 0.25) is 5.02 Å². The van der Waals surface area contributed by atoms with Crippen LogP contribution < -0.4 is 10.5 Å². The van der Waals surface area contributed by atoms with Crippen LogP contribution in [-0.4, -0.2) is 12.1 Å². The van der Waals surface area contributed by atoms with Gasteiger partial charge in [-0.2, -0.15) is 0 Å². The standard InChI is InChI=1S/C10H8ClFN2OS/c1-15-9-6(11)3-2-5(8(9)12)7-4-14-10(13)16-7/h2-4H,1H3,(H2,13,14). The number of anilines is 1. The number of ether oxygens (including phenoxy) is 1. The van der Waals surface area contributed by atoms with Gasteiger partial charge >= 0.3 is 0 Å². The number of aromatic nitrogens is 1. The number of thiazole rings is 1. The lowest BCUT2D eigenvalue weighted by atomic mass is 10.2. The molecule has 1 aromatic heterocycles. The fourth-order valence-electron chi connectivity index (χ4n) is 1.32. The maximum atomic E-state index is 14.0. The molecule has 0 radical (unpaired) electrons. The average molecular weight is 259 g/mol. The van der Waals surface area contributed by atoms with E-state index in [-0.39, 0.29) is 10.8 Å². The van der Waals surface area contributed by atoms with Crippen molar-refractivity contribution < 1.29 is 9.13 Å². The first kappa shape index (κ1) is 11.2. The Morgan fingerprint density at radius 3 is 2.81 bits per heavy atom. The zero-order chi connectivity index (χ0) is 11.7.